The Morgan fingerprint density at radius 2 is 1.88 bits per heavy atom. The van der Waals surface area contributed by atoms with Gasteiger partial charge in [0.05, 0.1) is 21.0 Å². The number of hydrogen-bond donors (Lipinski definition) is 0. The summed E-state index contributed by atoms with van der Waals surface area (Å²) in [4.78, 5) is 16.5. The zero-order valence-electron chi connectivity index (χ0n) is 13.3. The largest absolute Gasteiger partial charge is 0.318 e. The summed E-state index contributed by atoms with van der Waals surface area (Å²) in [7, 11) is -1.83. The summed E-state index contributed by atoms with van der Waals surface area (Å²) < 4.78 is 27.0. The molecule has 0 radical (unpaired) electrons. The van der Waals surface area contributed by atoms with Crippen molar-refractivity contribution in [1.82, 2.24) is 4.57 Å². The van der Waals surface area contributed by atoms with E-state index in [2.05, 4.69) is 4.99 Å². The van der Waals surface area contributed by atoms with Gasteiger partial charge in [0.25, 0.3) is 5.91 Å². The topological polar surface area (TPSA) is 68.5 Å². The zero-order chi connectivity index (χ0) is 18.0. The van der Waals surface area contributed by atoms with Gasteiger partial charge in [-0.25, -0.2) is 8.42 Å². The first-order valence-corrected chi connectivity index (χ1v) is 10.4. The summed E-state index contributed by atoms with van der Waals surface area (Å²) in [6, 6.07) is 14.2. The number of carbonyl (C=O) groups excluding carboxylic acids is 1. The second-order valence-electron chi connectivity index (χ2n) is 5.55. The van der Waals surface area contributed by atoms with Gasteiger partial charge in [0.2, 0.25) is 0 Å². The van der Waals surface area contributed by atoms with Crippen LogP contribution in [0, 0.1) is 0 Å². The van der Waals surface area contributed by atoms with E-state index >= 15 is 0 Å². The van der Waals surface area contributed by atoms with Crippen LogP contribution in [0.2, 0.25) is 5.02 Å². The maximum absolute atomic E-state index is 12.2. The fourth-order valence-corrected chi connectivity index (χ4v) is 5.13. The van der Waals surface area contributed by atoms with E-state index in [0.717, 1.165) is 10.2 Å². The van der Waals surface area contributed by atoms with Gasteiger partial charge in [0.15, 0.2) is 14.6 Å². The van der Waals surface area contributed by atoms with E-state index in [0.29, 0.717) is 15.4 Å². The number of carbonyl (C=O) groups is 1. The van der Waals surface area contributed by atoms with E-state index in [9.17, 15) is 13.2 Å². The minimum absolute atomic E-state index is 0.181. The number of aromatic nitrogens is 1. The second kappa shape index (κ2) is 7.11. The van der Waals surface area contributed by atoms with Gasteiger partial charge in [0.1, 0.15) is 5.75 Å². The van der Waals surface area contributed by atoms with Crippen LogP contribution in [0.1, 0.15) is 5.56 Å². The van der Waals surface area contributed by atoms with Gasteiger partial charge in [-0.3, -0.25) is 4.79 Å². The molecule has 3 rings (SSSR count). The minimum atomic E-state index is -3.58. The molecule has 0 atom stereocenters. The molecule has 0 aliphatic rings. The standard InChI is InChI=1S/C17H15ClN2O3S2/c1-20-16-13(18)8-5-9-14(16)24-17(20)19-15(21)11-25(22,23)10-12-6-3-2-4-7-12/h2-9H,10-11H2,1H3. The molecule has 0 aliphatic heterocycles. The number of hydrogen-bond acceptors (Lipinski definition) is 4. The molecule has 0 spiro atoms. The van der Waals surface area contributed by atoms with Crippen LogP contribution in [0.25, 0.3) is 10.2 Å². The van der Waals surface area contributed by atoms with Crippen molar-refractivity contribution in [2.45, 2.75) is 5.75 Å². The van der Waals surface area contributed by atoms with Crippen molar-refractivity contribution in [3.8, 4) is 0 Å². The predicted octanol–water partition coefficient (Wildman–Crippen LogP) is 2.94. The molecule has 2 aromatic carbocycles. The third-order valence-corrected chi connectivity index (χ3v) is 6.43. The van der Waals surface area contributed by atoms with E-state index in [1.54, 1.807) is 41.9 Å². The molecule has 8 heteroatoms. The van der Waals surface area contributed by atoms with Gasteiger partial charge in [-0.15, -0.1) is 0 Å². The van der Waals surface area contributed by atoms with Crippen LogP contribution in [0.3, 0.4) is 0 Å². The Labute approximate surface area is 154 Å². The fraction of sp³-hybridized carbons (Fsp3) is 0.176. The van der Waals surface area contributed by atoms with Gasteiger partial charge in [-0.05, 0) is 17.7 Å². The summed E-state index contributed by atoms with van der Waals surface area (Å²) in [5.74, 6) is -1.49. The van der Waals surface area contributed by atoms with Crippen LogP contribution < -0.4 is 4.80 Å². The third kappa shape index (κ3) is 4.18. The number of nitrogens with zero attached hydrogens (tertiary/aromatic N) is 2. The molecule has 25 heavy (non-hydrogen) atoms. The van der Waals surface area contributed by atoms with Crippen molar-refractivity contribution < 1.29 is 13.2 Å². The molecule has 5 nitrogen and oxygen atoms in total. The molecule has 0 fully saturated rings. The highest BCUT2D eigenvalue weighted by atomic mass is 35.5. The average Bonchev–Trinajstić information content (AvgIpc) is 2.84. The molecular formula is C17H15ClN2O3S2. The van der Waals surface area contributed by atoms with Gasteiger partial charge in [-0.1, -0.05) is 59.3 Å². The molecule has 3 aromatic rings. The van der Waals surface area contributed by atoms with Gasteiger partial charge >= 0.3 is 0 Å². The van der Waals surface area contributed by atoms with Crippen LogP contribution in [0.15, 0.2) is 53.5 Å². The minimum Gasteiger partial charge on any atom is -0.318 e. The fourth-order valence-electron chi connectivity index (χ4n) is 2.47. The predicted molar refractivity (Wildman–Crippen MR) is 100 cm³/mol. The number of benzene rings is 2. The summed E-state index contributed by atoms with van der Waals surface area (Å²) >= 11 is 7.46. The highest BCUT2D eigenvalue weighted by Crippen LogP contribution is 2.24. The number of rotatable bonds is 4. The molecule has 0 saturated heterocycles. The first-order chi connectivity index (χ1) is 11.9. The SMILES string of the molecule is Cn1c(=NC(=O)CS(=O)(=O)Cc2ccccc2)sc2cccc(Cl)c21. The lowest BCUT2D eigenvalue weighted by atomic mass is 10.2. The number of halogens is 1. The van der Waals surface area contributed by atoms with Crippen LogP contribution in [0.5, 0.6) is 0 Å². The van der Waals surface area contributed by atoms with Crippen molar-refractivity contribution in [1.29, 1.82) is 0 Å². The van der Waals surface area contributed by atoms with Crippen LogP contribution in [-0.2, 0) is 27.4 Å². The Hall–Kier alpha value is -1.96. The van der Waals surface area contributed by atoms with E-state index in [4.69, 9.17) is 11.6 Å². The molecule has 1 amide bonds. The van der Waals surface area contributed by atoms with E-state index < -0.39 is 21.5 Å². The first kappa shape index (κ1) is 17.8. The number of amides is 1. The smallest absolute Gasteiger partial charge is 0.263 e. The normalized spacial score (nSPS) is 12.6. The van der Waals surface area contributed by atoms with Crippen LogP contribution in [0.4, 0.5) is 0 Å². The lowest BCUT2D eigenvalue weighted by Crippen LogP contribution is -2.20. The van der Waals surface area contributed by atoms with Crippen molar-refractivity contribution in [3.63, 3.8) is 0 Å². The quantitative estimate of drug-likeness (QED) is 0.683. The maximum atomic E-state index is 12.2. The van der Waals surface area contributed by atoms with E-state index in [1.807, 2.05) is 18.2 Å². The monoisotopic (exact) mass is 394 g/mol. The highest BCUT2D eigenvalue weighted by Gasteiger charge is 2.17. The molecule has 0 saturated carbocycles. The number of para-hydroxylation sites is 1. The summed E-state index contributed by atoms with van der Waals surface area (Å²) in [5.41, 5.74) is 1.42. The van der Waals surface area contributed by atoms with Crippen molar-refractivity contribution in [2.75, 3.05) is 5.75 Å². The highest BCUT2D eigenvalue weighted by molar-refractivity contribution is 7.91. The van der Waals surface area contributed by atoms with Crippen molar-refractivity contribution >= 4 is 48.9 Å². The summed E-state index contributed by atoms with van der Waals surface area (Å²) in [5, 5.41) is 0.557. The molecule has 0 aliphatic carbocycles. The molecule has 1 aromatic heterocycles. The Balaban J connectivity index is 1.86. The number of fused-ring (bicyclic) bond motifs is 1. The molecule has 0 unspecified atom stereocenters. The molecule has 1 heterocycles. The summed E-state index contributed by atoms with van der Waals surface area (Å²) in [6.45, 7) is 0. The molecule has 0 N–H and O–H groups in total. The number of thiazole rings is 1. The third-order valence-electron chi connectivity index (χ3n) is 3.57. The number of sulfone groups is 1. The van der Waals surface area contributed by atoms with Crippen molar-refractivity contribution in [2.24, 2.45) is 12.0 Å². The number of aryl methyl sites for hydroxylation is 1. The van der Waals surface area contributed by atoms with Crippen LogP contribution in [-0.4, -0.2) is 24.6 Å². The lowest BCUT2D eigenvalue weighted by Gasteiger charge is -2.02. The van der Waals surface area contributed by atoms with E-state index in [1.165, 1.54) is 11.3 Å². The maximum Gasteiger partial charge on any atom is 0.263 e. The Bertz CT molecular complexity index is 1100. The second-order valence-corrected chi connectivity index (χ2v) is 9.03. The Morgan fingerprint density at radius 3 is 2.56 bits per heavy atom. The van der Waals surface area contributed by atoms with E-state index in [-0.39, 0.29) is 5.75 Å². The lowest BCUT2D eigenvalue weighted by molar-refractivity contribution is -0.115. The van der Waals surface area contributed by atoms with Crippen LogP contribution >= 0.6 is 22.9 Å². The van der Waals surface area contributed by atoms with Crippen molar-refractivity contribution in [3.05, 3.63) is 63.9 Å². The van der Waals surface area contributed by atoms with Gasteiger partial charge in [-0.2, -0.15) is 4.99 Å². The molecular weight excluding hydrogens is 380 g/mol. The zero-order valence-corrected chi connectivity index (χ0v) is 15.7. The molecule has 130 valence electrons. The Kier molecular flexibility index (Phi) is 5.08. The van der Waals surface area contributed by atoms with Gasteiger partial charge in [0, 0.05) is 7.05 Å². The molecule has 0 bridgehead atoms. The first-order valence-electron chi connectivity index (χ1n) is 7.42. The summed E-state index contributed by atoms with van der Waals surface area (Å²) in [6.07, 6.45) is 0. The van der Waals surface area contributed by atoms with Gasteiger partial charge < -0.3 is 4.57 Å². The Morgan fingerprint density at radius 1 is 1.16 bits per heavy atom. The average molecular weight is 395 g/mol.